The summed E-state index contributed by atoms with van der Waals surface area (Å²) in [5.74, 6) is -0.0296. The SMILES string of the molecule is CCOc1ccc(NS(=O)(=O)c2cccc(C(=O)Nc3ccccc3O)c2)cc1Br. The van der Waals surface area contributed by atoms with Crippen molar-refractivity contribution in [2.45, 2.75) is 11.8 Å². The number of ether oxygens (including phenoxy) is 1. The van der Waals surface area contributed by atoms with Crippen molar-refractivity contribution >= 4 is 43.2 Å². The molecule has 0 bridgehead atoms. The zero-order chi connectivity index (χ0) is 21.7. The molecule has 0 aliphatic rings. The lowest BCUT2D eigenvalue weighted by atomic mass is 10.2. The Kier molecular flexibility index (Phi) is 6.63. The summed E-state index contributed by atoms with van der Waals surface area (Å²) in [6.45, 7) is 2.34. The summed E-state index contributed by atoms with van der Waals surface area (Å²) in [7, 11) is -3.93. The molecule has 0 aromatic heterocycles. The maximum Gasteiger partial charge on any atom is 0.261 e. The molecule has 3 aromatic rings. The van der Waals surface area contributed by atoms with Gasteiger partial charge in [-0.25, -0.2) is 8.42 Å². The average Bonchev–Trinajstić information content (AvgIpc) is 2.72. The van der Waals surface area contributed by atoms with E-state index in [1.807, 2.05) is 6.92 Å². The van der Waals surface area contributed by atoms with Crippen LogP contribution in [0.15, 0.2) is 76.1 Å². The number of hydrogen-bond acceptors (Lipinski definition) is 5. The van der Waals surface area contributed by atoms with Crippen molar-refractivity contribution in [3.8, 4) is 11.5 Å². The smallest absolute Gasteiger partial charge is 0.261 e. The highest BCUT2D eigenvalue weighted by molar-refractivity contribution is 9.10. The third-order valence-corrected chi connectivity index (χ3v) is 6.04. The van der Waals surface area contributed by atoms with Crippen molar-refractivity contribution < 1.29 is 23.1 Å². The zero-order valence-electron chi connectivity index (χ0n) is 15.9. The normalized spacial score (nSPS) is 11.0. The number of phenols is 1. The molecule has 0 unspecified atom stereocenters. The molecular weight excluding hydrogens is 472 g/mol. The number of aromatic hydroxyl groups is 1. The van der Waals surface area contributed by atoms with Crippen molar-refractivity contribution in [3.63, 3.8) is 0 Å². The number of rotatable bonds is 7. The number of anilines is 2. The summed E-state index contributed by atoms with van der Waals surface area (Å²) < 4.78 is 34.1. The summed E-state index contributed by atoms with van der Waals surface area (Å²) in [6.07, 6.45) is 0. The van der Waals surface area contributed by atoms with Gasteiger partial charge in [-0.2, -0.15) is 0 Å². The number of amides is 1. The predicted octanol–water partition coefficient (Wildman–Crippen LogP) is 4.61. The molecule has 3 aromatic carbocycles. The van der Waals surface area contributed by atoms with Crippen LogP contribution in [0.2, 0.25) is 0 Å². The van der Waals surface area contributed by atoms with Gasteiger partial charge in [-0.3, -0.25) is 9.52 Å². The van der Waals surface area contributed by atoms with E-state index in [2.05, 4.69) is 26.0 Å². The van der Waals surface area contributed by atoms with Gasteiger partial charge in [0.2, 0.25) is 0 Å². The maximum absolute atomic E-state index is 12.8. The molecule has 0 saturated carbocycles. The molecular formula is C21H19BrN2O5S. The standard InChI is InChI=1S/C21H19BrN2O5S/c1-2-29-20-11-10-15(13-17(20)22)24-30(27,28)16-7-5-6-14(12-16)21(26)23-18-8-3-4-9-19(18)25/h3-13,24-25H,2H2,1H3,(H,23,26). The minimum Gasteiger partial charge on any atom is -0.506 e. The van der Waals surface area contributed by atoms with Crippen LogP contribution in [-0.2, 0) is 10.0 Å². The number of para-hydroxylation sites is 2. The van der Waals surface area contributed by atoms with Crippen LogP contribution in [0.25, 0.3) is 0 Å². The number of benzene rings is 3. The Morgan fingerprint density at radius 2 is 1.83 bits per heavy atom. The van der Waals surface area contributed by atoms with Gasteiger partial charge in [-0.1, -0.05) is 18.2 Å². The zero-order valence-corrected chi connectivity index (χ0v) is 18.3. The largest absolute Gasteiger partial charge is 0.506 e. The summed E-state index contributed by atoms with van der Waals surface area (Å²) in [6, 6.07) is 16.7. The summed E-state index contributed by atoms with van der Waals surface area (Å²) >= 11 is 3.35. The van der Waals surface area contributed by atoms with Gasteiger partial charge in [0.25, 0.3) is 15.9 Å². The lowest BCUT2D eigenvalue weighted by Crippen LogP contribution is -2.16. The molecule has 3 rings (SSSR count). The molecule has 0 atom stereocenters. The fraction of sp³-hybridized carbons (Fsp3) is 0.0952. The molecule has 7 nitrogen and oxygen atoms in total. The van der Waals surface area contributed by atoms with Crippen LogP contribution in [0, 0.1) is 0 Å². The Bertz CT molecular complexity index is 1180. The van der Waals surface area contributed by atoms with Crippen LogP contribution in [-0.4, -0.2) is 26.0 Å². The van der Waals surface area contributed by atoms with Crippen LogP contribution in [0.1, 0.15) is 17.3 Å². The molecule has 0 fully saturated rings. The first-order valence-electron chi connectivity index (χ1n) is 8.94. The number of phenolic OH excluding ortho intramolecular Hbond substituents is 1. The second-order valence-corrected chi connectivity index (χ2v) is 8.72. The molecule has 9 heteroatoms. The molecule has 0 heterocycles. The molecule has 3 N–H and O–H groups in total. The molecule has 156 valence electrons. The third-order valence-electron chi connectivity index (χ3n) is 4.04. The van der Waals surface area contributed by atoms with E-state index in [1.54, 1.807) is 36.4 Å². The number of carbonyl (C=O) groups excluding carboxylic acids is 1. The lowest BCUT2D eigenvalue weighted by Gasteiger charge is -2.12. The van der Waals surface area contributed by atoms with Crippen LogP contribution in [0.4, 0.5) is 11.4 Å². The first-order valence-corrected chi connectivity index (χ1v) is 11.2. The number of sulfonamides is 1. The van der Waals surface area contributed by atoms with Gasteiger partial charge in [-0.15, -0.1) is 0 Å². The van der Waals surface area contributed by atoms with Crippen molar-refractivity contribution in [3.05, 3.63) is 76.8 Å². The second kappa shape index (κ2) is 9.19. The summed E-state index contributed by atoms with van der Waals surface area (Å²) in [4.78, 5) is 12.4. The number of nitrogens with one attached hydrogen (secondary N) is 2. The van der Waals surface area contributed by atoms with Gasteiger partial charge in [0.05, 0.1) is 27.3 Å². The highest BCUT2D eigenvalue weighted by Crippen LogP contribution is 2.29. The number of halogens is 1. The highest BCUT2D eigenvalue weighted by Gasteiger charge is 2.18. The molecule has 30 heavy (non-hydrogen) atoms. The van der Waals surface area contributed by atoms with E-state index in [0.717, 1.165) is 0 Å². The first kappa shape index (κ1) is 21.7. The predicted molar refractivity (Wildman–Crippen MR) is 119 cm³/mol. The Balaban J connectivity index is 1.81. The molecule has 0 spiro atoms. The van der Waals surface area contributed by atoms with E-state index >= 15 is 0 Å². The molecule has 0 radical (unpaired) electrons. The highest BCUT2D eigenvalue weighted by atomic mass is 79.9. The lowest BCUT2D eigenvalue weighted by molar-refractivity contribution is 0.102. The molecule has 0 aliphatic heterocycles. The minimum absolute atomic E-state index is 0.0718. The quantitative estimate of drug-likeness (QED) is 0.419. The molecule has 1 amide bonds. The third kappa shape index (κ3) is 5.11. The Hall–Kier alpha value is -3.04. The van der Waals surface area contributed by atoms with Crippen molar-refractivity contribution in [1.29, 1.82) is 0 Å². The van der Waals surface area contributed by atoms with Crippen LogP contribution >= 0.6 is 15.9 Å². The average molecular weight is 491 g/mol. The van der Waals surface area contributed by atoms with Crippen molar-refractivity contribution in [1.82, 2.24) is 0 Å². The van der Waals surface area contributed by atoms with E-state index < -0.39 is 15.9 Å². The van der Waals surface area contributed by atoms with Gasteiger partial charge in [0.15, 0.2) is 0 Å². The van der Waals surface area contributed by atoms with Crippen LogP contribution in [0.5, 0.6) is 11.5 Å². The van der Waals surface area contributed by atoms with Crippen LogP contribution < -0.4 is 14.8 Å². The molecule has 0 saturated heterocycles. The van der Waals surface area contributed by atoms with E-state index in [4.69, 9.17) is 4.74 Å². The Labute approximate surface area is 182 Å². The van der Waals surface area contributed by atoms with Crippen molar-refractivity contribution in [2.24, 2.45) is 0 Å². The number of hydrogen-bond donors (Lipinski definition) is 3. The fourth-order valence-corrected chi connectivity index (χ4v) is 4.22. The number of carbonyl (C=O) groups is 1. The van der Waals surface area contributed by atoms with Gasteiger partial charge in [0, 0.05) is 5.56 Å². The van der Waals surface area contributed by atoms with Gasteiger partial charge >= 0.3 is 0 Å². The van der Waals surface area contributed by atoms with E-state index in [1.165, 1.54) is 30.3 Å². The Morgan fingerprint density at radius 1 is 1.07 bits per heavy atom. The first-order chi connectivity index (χ1) is 14.3. The topological polar surface area (TPSA) is 105 Å². The maximum atomic E-state index is 12.8. The molecule has 0 aliphatic carbocycles. The minimum atomic E-state index is -3.93. The van der Waals surface area contributed by atoms with E-state index in [9.17, 15) is 18.3 Å². The van der Waals surface area contributed by atoms with E-state index in [0.29, 0.717) is 22.5 Å². The monoisotopic (exact) mass is 490 g/mol. The van der Waals surface area contributed by atoms with Gasteiger partial charge in [-0.05, 0) is 71.4 Å². The van der Waals surface area contributed by atoms with Gasteiger partial charge < -0.3 is 15.2 Å². The van der Waals surface area contributed by atoms with Gasteiger partial charge in [0.1, 0.15) is 11.5 Å². The fourth-order valence-electron chi connectivity index (χ4n) is 2.63. The van der Waals surface area contributed by atoms with Crippen LogP contribution in [0.3, 0.4) is 0 Å². The van der Waals surface area contributed by atoms with Crippen molar-refractivity contribution in [2.75, 3.05) is 16.6 Å². The van der Waals surface area contributed by atoms with E-state index in [-0.39, 0.29) is 21.9 Å². The second-order valence-electron chi connectivity index (χ2n) is 6.18. The summed E-state index contributed by atoms with van der Waals surface area (Å²) in [5, 5.41) is 12.4. The summed E-state index contributed by atoms with van der Waals surface area (Å²) in [5.41, 5.74) is 0.705. The Morgan fingerprint density at radius 3 is 2.53 bits per heavy atom.